The minimum absolute atomic E-state index is 0.621. The molecular weight excluding hydrogens is 344 g/mol. The minimum Gasteiger partial charge on any atom is -0.322 e. The van der Waals surface area contributed by atoms with Gasteiger partial charge in [-0.3, -0.25) is 0 Å². The van der Waals surface area contributed by atoms with E-state index < -0.39 is 0 Å². The highest BCUT2D eigenvalue weighted by Crippen LogP contribution is 2.28. The molecule has 0 spiro atoms. The monoisotopic (exact) mass is 360 g/mol. The average molecular weight is 360 g/mol. The molecule has 7 heteroatoms. The Balaban J connectivity index is 1.67. The SMILES string of the molecule is Cc1cccc(C)c1-n1nnnc1SCc1cn2ccccc2c1C#N. The molecule has 3 aromatic heterocycles. The first-order valence-electron chi connectivity index (χ1n) is 8.15. The summed E-state index contributed by atoms with van der Waals surface area (Å²) in [4.78, 5) is 0. The zero-order valence-electron chi connectivity index (χ0n) is 14.4. The lowest BCUT2D eigenvalue weighted by atomic mass is 10.1. The van der Waals surface area contributed by atoms with Gasteiger partial charge >= 0.3 is 0 Å². The Morgan fingerprint density at radius 2 is 1.92 bits per heavy atom. The highest BCUT2D eigenvalue weighted by atomic mass is 32.2. The van der Waals surface area contributed by atoms with Gasteiger partial charge in [-0.2, -0.15) is 9.94 Å². The standard InChI is InChI=1S/C19H16N6S/c1-13-6-5-7-14(2)18(13)25-19(21-22-23-25)26-12-15-11-24-9-4-3-8-17(24)16(15)10-20/h3-9,11H,12H2,1-2H3. The maximum atomic E-state index is 9.55. The molecule has 26 heavy (non-hydrogen) atoms. The summed E-state index contributed by atoms with van der Waals surface area (Å²) >= 11 is 1.53. The van der Waals surface area contributed by atoms with Crippen LogP contribution in [0.1, 0.15) is 22.3 Å². The fourth-order valence-corrected chi connectivity index (χ4v) is 3.96. The number of pyridine rings is 1. The van der Waals surface area contributed by atoms with E-state index in [4.69, 9.17) is 0 Å². The van der Waals surface area contributed by atoms with Crippen molar-refractivity contribution in [3.8, 4) is 11.8 Å². The molecule has 0 aliphatic rings. The summed E-state index contributed by atoms with van der Waals surface area (Å²) in [6.45, 7) is 4.10. The Labute approximate surface area is 155 Å². The number of tetrazole rings is 1. The van der Waals surface area contributed by atoms with Crippen LogP contribution in [0.3, 0.4) is 0 Å². The lowest BCUT2D eigenvalue weighted by molar-refractivity contribution is 0.747. The molecule has 0 aliphatic carbocycles. The van der Waals surface area contributed by atoms with Gasteiger partial charge in [0.2, 0.25) is 5.16 Å². The third kappa shape index (κ3) is 2.74. The Morgan fingerprint density at radius 1 is 1.12 bits per heavy atom. The number of aryl methyl sites for hydroxylation is 2. The molecule has 0 saturated carbocycles. The van der Waals surface area contributed by atoms with Gasteiger partial charge in [0, 0.05) is 18.1 Å². The molecule has 128 valence electrons. The molecule has 0 aliphatic heterocycles. The zero-order chi connectivity index (χ0) is 18.1. The van der Waals surface area contributed by atoms with Crippen LogP contribution in [0.5, 0.6) is 0 Å². The van der Waals surface area contributed by atoms with E-state index in [1.165, 1.54) is 11.8 Å². The number of hydrogen-bond donors (Lipinski definition) is 0. The van der Waals surface area contributed by atoms with Crippen molar-refractivity contribution >= 4 is 17.3 Å². The fourth-order valence-electron chi connectivity index (χ4n) is 3.11. The minimum atomic E-state index is 0.621. The van der Waals surface area contributed by atoms with E-state index in [9.17, 15) is 5.26 Å². The van der Waals surface area contributed by atoms with E-state index >= 15 is 0 Å². The third-order valence-corrected chi connectivity index (χ3v) is 5.29. The van der Waals surface area contributed by atoms with Crippen molar-refractivity contribution in [1.29, 1.82) is 5.26 Å². The van der Waals surface area contributed by atoms with E-state index in [0.717, 1.165) is 27.9 Å². The predicted molar refractivity (Wildman–Crippen MR) is 100 cm³/mol. The van der Waals surface area contributed by atoms with Gasteiger partial charge in [0.25, 0.3) is 0 Å². The summed E-state index contributed by atoms with van der Waals surface area (Å²) in [5.74, 6) is 0.621. The van der Waals surface area contributed by atoms with E-state index in [-0.39, 0.29) is 0 Å². The second-order valence-electron chi connectivity index (χ2n) is 6.04. The Bertz CT molecular complexity index is 1110. The van der Waals surface area contributed by atoms with E-state index in [1.54, 1.807) is 4.68 Å². The molecule has 0 N–H and O–H groups in total. The summed E-state index contributed by atoms with van der Waals surface area (Å²) in [7, 11) is 0. The van der Waals surface area contributed by atoms with Gasteiger partial charge in [-0.1, -0.05) is 36.0 Å². The van der Waals surface area contributed by atoms with Gasteiger partial charge in [0.05, 0.1) is 16.8 Å². The van der Waals surface area contributed by atoms with Gasteiger partial charge in [-0.05, 0) is 53.1 Å². The lowest BCUT2D eigenvalue weighted by Gasteiger charge is -2.10. The summed E-state index contributed by atoms with van der Waals surface area (Å²) in [5, 5.41) is 22.5. The fraction of sp³-hybridized carbons (Fsp3) is 0.158. The zero-order valence-corrected chi connectivity index (χ0v) is 15.2. The van der Waals surface area contributed by atoms with Crippen molar-refractivity contribution in [1.82, 2.24) is 24.6 Å². The normalized spacial score (nSPS) is 11.0. The third-order valence-electron chi connectivity index (χ3n) is 4.32. The summed E-state index contributed by atoms with van der Waals surface area (Å²) < 4.78 is 3.75. The second-order valence-corrected chi connectivity index (χ2v) is 6.98. The number of rotatable bonds is 4. The number of fused-ring (bicyclic) bond motifs is 1. The molecule has 4 aromatic rings. The first-order valence-corrected chi connectivity index (χ1v) is 9.14. The van der Waals surface area contributed by atoms with Crippen LogP contribution >= 0.6 is 11.8 Å². The summed E-state index contributed by atoms with van der Waals surface area (Å²) in [6.07, 6.45) is 3.94. The number of hydrogen-bond acceptors (Lipinski definition) is 5. The van der Waals surface area contributed by atoms with Crippen LogP contribution in [-0.4, -0.2) is 24.6 Å². The number of thioether (sulfide) groups is 1. The highest BCUT2D eigenvalue weighted by molar-refractivity contribution is 7.98. The molecule has 0 unspecified atom stereocenters. The van der Waals surface area contributed by atoms with Crippen molar-refractivity contribution in [2.24, 2.45) is 0 Å². The van der Waals surface area contributed by atoms with E-state index in [2.05, 4.69) is 21.6 Å². The van der Waals surface area contributed by atoms with Crippen LogP contribution in [0.15, 0.2) is 53.9 Å². The van der Waals surface area contributed by atoms with Gasteiger partial charge in [-0.15, -0.1) is 5.10 Å². The Hall–Kier alpha value is -3.11. The maximum absolute atomic E-state index is 9.55. The quantitative estimate of drug-likeness (QED) is 0.519. The van der Waals surface area contributed by atoms with Gasteiger partial charge in [0.15, 0.2) is 0 Å². The number of nitrogens with zero attached hydrogens (tertiary/aromatic N) is 6. The first kappa shape index (κ1) is 16.4. The van der Waals surface area contributed by atoms with Crippen molar-refractivity contribution in [3.05, 3.63) is 71.0 Å². The second kappa shape index (κ2) is 6.65. The maximum Gasteiger partial charge on any atom is 0.214 e. The Kier molecular flexibility index (Phi) is 4.19. The molecule has 4 rings (SSSR count). The number of benzene rings is 1. The molecule has 0 fully saturated rings. The molecule has 0 bridgehead atoms. The van der Waals surface area contributed by atoms with Crippen LogP contribution in [0.4, 0.5) is 0 Å². The van der Waals surface area contributed by atoms with Crippen molar-refractivity contribution in [2.75, 3.05) is 0 Å². The van der Waals surface area contributed by atoms with Crippen LogP contribution < -0.4 is 0 Å². The lowest BCUT2D eigenvalue weighted by Crippen LogP contribution is -2.04. The molecule has 6 nitrogen and oxygen atoms in total. The van der Waals surface area contributed by atoms with Crippen LogP contribution in [0.2, 0.25) is 0 Å². The van der Waals surface area contributed by atoms with Crippen molar-refractivity contribution < 1.29 is 0 Å². The van der Waals surface area contributed by atoms with Crippen LogP contribution in [0.25, 0.3) is 11.2 Å². The topological polar surface area (TPSA) is 71.8 Å². The van der Waals surface area contributed by atoms with Gasteiger partial charge in [-0.25, -0.2) is 0 Å². The largest absolute Gasteiger partial charge is 0.322 e. The molecule has 3 heterocycles. The van der Waals surface area contributed by atoms with Crippen molar-refractivity contribution in [2.45, 2.75) is 24.8 Å². The first-order chi connectivity index (χ1) is 12.7. The summed E-state index contributed by atoms with van der Waals surface area (Å²) in [5.41, 5.74) is 5.82. The summed E-state index contributed by atoms with van der Waals surface area (Å²) in [6, 6.07) is 14.3. The molecular formula is C19H16N6S. The Morgan fingerprint density at radius 3 is 2.69 bits per heavy atom. The number of nitriles is 1. The van der Waals surface area contributed by atoms with Crippen LogP contribution in [0, 0.1) is 25.2 Å². The van der Waals surface area contributed by atoms with Gasteiger partial charge in [0.1, 0.15) is 6.07 Å². The number of para-hydroxylation sites is 1. The molecule has 0 atom stereocenters. The smallest absolute Gasteiger partial charge is 0.214 e. The van der Waals surface area contributed by atoms with Crippen molar-refractivity contribution in [3.63, 3.8) is 0 Å². The molecule has 0 radical (unpaired) electrons. The molecule has 0 saturated heterocycles. The van der Waals surface area contributed by atoms with Crippen LogP contribution in [-0.2, 0) is 5.75 Å². The van der Waals surface area contributed by atoms with E-state index in [1.807, 2.05) is 67.0 Å². The average Bonchev–Trinajstić information content (AvgIpc) is 3.23. The molecule has 0 amide bonds. The molecule has 1 aromatic carbocycles. The predicted octanol–water partition coefficient (Wildman–Crippen LogP) is 3.70. The highest BCUT2D eigenvalue weighted by Gasteiger charge is 2.16. The van der Waals surface area contributed by atoms with Gasteiger partial charge < -0.3 is 4.40 Å². The number of aromatic nitrogens is 5. The van der Waals surface area contributed by atoms with E-state index in [0.29, 0.717) is 16.5 Å².